The van der Waals surface area contributed by atoms with Gasteiger partial charge in [0.2, 0.25) is 5.91 Å². The largest absolute Gasteiger partial charge is 0.336 e. The van der Waals surface area contributed by atoms with Crippen LogP contribution in [0.15, 0.2) is 24.5 Å². The van der Waals surface area contributed by atoms with Gasteiger partial charge in [-0.15, -0.1) is 0 Å². The van der Waals surface area contributed by atoms with Crippen molar-refractivity contribution >= 4 is 11.9 Å². The predicted octanol–water partition coefficient (Wildman–Crippen LogP) is 1.53. The van der Waals surface area contributed by atoms with Crippen LogP contribution < -0.4 is 16.4 Å². The lowest BCUT2D eigenvalue weighted by Crippen LogP contribution is -2.59. The Bertz CT molecular complexity index is 714. The van der Waals surface area contributed by atoms with Gasteiger partial charge in [-0.05, 0) is 23.5 Å². The molecular formula is C20H30N6O2. The second kappa shape index (κ2) is 9.02. The number of nitrogens with zero attached hydrogens (tertiary/aromatic N) is 3. The number of piperidine rings is 1. The Morgan fingerprint density at radius 2 is 2.07 bits per heavy atom. The summed E-state index contributed by atoms with van der Waals surface area (Å²) in [6.07, 6.45) is 4.66. The maximum atomic E-state index is 12.4. The lowest BCUT2D eigenvalue weighted by Gasteiger charge is -2.38. The summed E-state index contributed by atoms with van der Waals surface area (Å²) >= 11 is 0. The van der Waals surface area contributed by atoms with Crippen molar-refractivity contribution in [3.05, 3.63) is 30.1 Å². The molecule has 3 amide bonds. The second-order valence-electron chi connectivity index (χ2n) is 8.56. The Kier molecular flexibility index (Phi) is 6.97. The van der Waals surface area contributed by atoms with Crippen molar-refractivity contribution in [1.29, 1.82) is 5.26 Å². The Morgan fingerprint density at radius 3 is 2.61 bits per heavy atom. The number of pyridine rings is 1. The van der Waals surface area contributed by atoms with E-state index in [4.69, 9.17) is 5.73 Å². The number of nitrogens with two attached hydrogens (primary N) is 1. The van der Waals surface area contributed by atoms with Gasteiger partial charge in [0, 0.05) is 44.9 Å². The Hall–Kier alpha value is -2.66. The molecule has 28 heavy (non-hydrogen) atoms. The molecule has 1 fully saturated rings. The van der Waals surface area contributed by atoms with Crippen LogP contribution in [-0.4, -0.2) is 46.5 Å². The molecule has 1 aliphatic rings. The molecule has 0 radical (unpaired) electrons. The molecule has 4 N–H and O–H groups in total. The van der Waals surface area contributed by atoms with Crippen molar-refractivity contribution in [1.82, 2.24) is 20.5 Å². The van der Waals surface area contributed by atoms with Crippen LogP contribution >= 0.6 is 0 Å². The average Bonchev–Trinajstić information content (AvgIpc) is 2.66. The van der Waals surface area contributed by atoms with E-state index in [-0.39, 0.29) is 17.4 Å². The third-order valence-electron chi connectivity index (χ3n) is 4.82. The number of hydrogen-bond donors (Lipinski definition) is 3. The van der Waals surface area contributed by atoms with Crippen LogP contribution in [0.3, 0.4) is 0 Å². The van der Waals surface area contributed by atoms with Crippen LogP contribution in [0.1, 0.15) is 45.6 Å². The van der Waals surface area contributed by atoms with Gasteiger partial charge >= 0.3 is 6.03 Å². The lowest BCUT2D eigenvalue weighted by molar-refractivity contribution is -0.124. The van der Waals surface area contributed by atoms with E-state index in [1.165, 1.54) is 0 Å². The van der Waals surface area contributed by atoms with Gasteiger partial charge < -0.3 is 21.3 Å². The first kappa shape index (κ1) is 21.6. The number of carbonyl (C=O) groups excluding carboxylic acids is 2. The number of hydrogen-bond acceptors (Lipinski definition) is 5. The van der Waals surface area contributed by atoms with Crippen LogP contribution in [0.5, 0.6) is 0 Å². The molecule has 0 saturated carbocycles. The van der Waals surface area contributed by atoms with Crippen molar-refractivity contribution in [2.45, 2.75) is 58.2 Å². The molecule has 0 aromatic carbocycles. The number of likely N-dealkylation sites (tertiary alicyclic amines) is 1. The summed E-state index contributed by atoms with van der Waals surface area (Å²) in [5.41, 5.74) is 5.86. The normalized spacial score (nSPS) is 17.3. The number of amides is 3. The quantitative estimate of drug-likeness (QED) is 0.708. The van der Waals surface area contributed by atoms with Crippen LogP contribution in [0.25, 0.3) is 0 Å². The van der Waals surface area contributed by atoms with Gasteiger partial charge in [-0.2, -0.15) is 5.26 Å². The number of nitrogens with one attached hydrogen (secondary N) is 2. The third-order valence-corrected chi connectivity index (χ3v) is 4.82. The smallest absolute Gasteiger partial charge is 0.317 e. The summed E-state index contributed by atoms with van der Waals surface area (Å²) in [6, 6.07) is 5.09. The first-order chi connectivity index (χ1) is 13.1. The van der Waals surface area contributed by atoms with E-state index in [9.17, 15) is 14.9 Å². The van der Waals surface area contributed by atoms with E-state index < -0.39 is 11.6 Å². The Morgan fingerprint density at radius 1 is 1.39 bits per heavy atom. The van der Waals surface area contributed by atoms with Gasteiger partial charge in [-0.25, -0.2) is 4.79 Å². The van der Waals surface area contributed by atoms with Crippen molar-refractivity contribution in [2.75, 3.05) is 13.1 Å². The average molecular weight is 387 g/mol. The van der Waals surface area contributed by atoms with Crippen LogP contribution in [-0.2, 0) is 11.3 Å². The summed E-state index contributed by atoms with van der Waals surface area (Å²) in [6.45, 7) is 7.22. The van der Waals surface area contributed by atoms with Gasteiger partial charge in [0.05, 0.1) is 12.1 Å². The van der Waals surface area contributed by atoms with E-state index in [2.05, 4.69) is 21.7 Å². The zero-order chi connectivity index (χ0) is 20.8. The standard InChI is InChI=1S/C20H30N6O2/c1-19(2,3)11-16(22)17(27)25-20(14-21)6-9-26(10-7-20)18(28)24-13-15-5-4-8-23-12-15/h4-5,8,12,16H,6-7,9-11,13,22H2,1-3H3,(H,24,28)(H,25,27). The molecule has 2 rings (SSSR count). The Labute approximate surface area is 166 Å². The number of nitriles is 1. The van der Waals surface area contributed by atoms with Crippen molar-refractivity contribution in [2.24, 2.45) is 11.1 Å². The van der Waals surface area contributed by atoms with Crippen molar-refractivity contribution in [3.63, 3.8) is 0 Å². The number of carbonyl (C=O) groups is 2. The molecule has 152 valence electrons. The predicted molar refractivity (Wildman–Crippen MR) is 106 cm³/mol. The molecule has 8 nitrogen and oxygen atoms in total. The highest BCUT2D eigenvalue weighted by molar-refractivity contribution is 5.82. The molecule has 0 aliphatic carbocycles. The first-order valence-electron chi connectivity index (χ1n) is 9.55. The number of rotatable bonds is 5. The summed E-state index contributed by atoms with van der Waals surface area (Å²) < 4.78 is 0. The molecule has 1 saturated heterocycles. The maximum absolute atomic E-state index is 12.4. The molecule has 8 heteroatoms. The topological polar surface area (TPSA) is 124 Å². The van der Waals surface area contributed by atoms with Gasteiger partial charge in [-0.3, -0.25) is 9.78 Å². The van der Waals surface area contributed by atoms with Crippen molar-refractivity contribution in [3.8, 4) is 6.07 Å². The summed E-state index contributed by atoms with van der Waals surface area (Å²) in [7, 11) is 0. The minimum atomic E-state index is -0.979. The molecule has 1 aromatic heterocycles. The number of urea groups is 1. The van der Waals surface area contributed by atoms with E-state index in [1.54, 1.807) is 17.3 Å². The van der Waals surface area contributed by atoms with E-state index in [1.807, 2.05) is 32.9 Å². The fourth-order valence-electron chi connectivity index (χ4n) is 3.23. The summed E-state index contributed by atoms with van der Waals surface area (Å²) in [5, 5.41) is 15.3. The SMILES string of the molecule is CC(C)(C)CC(N)C(=O)NC1(C#N)CCN(C(=O)NCc2cccnc2)CC1. The summed E-state index contributed by atoms with van der Waals surface area (Å²) in [5.74, 6) is -0.314. The molecule has 1 aliphatic heterocycles. The highest BCUT2D eigenvalue weighted by atomic mass is 16.2. The fraction of sp³-hybridized carbons (Fsp3) is 0.600. The van der Waals surface area contributed by atoms with Gasteiger partial charge in [-0.1, -0.05) is 26.8 Å². The van der Waals surface area contributed by atoms with Gasteiger partial charge in [0.25, 0.3) is 0 Å². The maximum Gasteiger partial charge on any atom is 0.317 e. The van der Waals surface area contributed by atoms with Crippen LogP contribution in [0, 0.1) is 16.7 Å². The molecule has 0 bridgehead atoms. The molecular weight excluding hydrogens is 356 g/mol. The lowest BCUT2D eigenvalue weighted by atomic mass is 9.86. The first-order valence-corrected chi connectivity index (χ1v) is 9.55. The zero-order valence-corrected chi connectivity index (χ0v) is 16.9. The third kappa shape index (κ3) is 6.20. The second-order valence-corrected chi connectivity index (χ2v) is 8.56. The summed E-state index contributed by atoms with van der Waals surface area (Å²) in [4.78, 5) is 30.5. The van der Waals surface area contributed by atoms with E-state index >= 15 is 0 Å². The van der Waals surface area contributed by atoms with E-state index in [0.29, 0.717) is 38.9 Å². The van der Waals surface area contributed by atoms with Crippen molar-refractivity contribution < 1.29 is 9.59 Å². The minimum Gasteiger partial charge on any atom is -0.336 e. The number of aromatic nitrogens is 1. The highest BCUT2D eigenvalue weighted by Gasteiger charge is 2.38. The molecule has 0 spiro atoms. The van der Waals surface area contributed by atoms with Crippen LogP contribution in [0.2, 0.25) is 0 Å². The highest BCUT2D eigenvalue weighted by Crippen LogP contribution is 2.24. The molecule has 1 aromatic rings. The Balaban J connectivity index is 1.86. The zero-order valence-electron chi connectivity index (χ0n) is 16.9. The van der Waals surface area contributed by atoms with Gasteiger partial charge in [0.1, 0.15) is 5.54 Å². The molecule has 2 heterocycles. The molecule has 1 atom stereocenters. The monoisotopic (exact) mass is 386 g/mol. The minimum absolute atomic E-state index is 0.0771. The van der Waals surface area contributed by atoms with Gasteiger partial charge in [0.15, 0.2) is 0 Å². The van der Waals surface area contributed by atoms with E-state index in [0.717, 1.165) is 5.56 Å². The molecule has 1 unspecified atom stereocenters. The van der Waals surface area contributed by atoms with Crippen LogP contribution in [0.4, 0.5) is 4.79 Å². The fourth-order valence-corrected chi connectivity index (χ4v) is 3.23.